The first kappa shape index (κ1) is 14.6. The molecule has 0 aliphatic heterocycles. The van der Waals surface area contributed by atoms with Crippen LogP contribution in [0, 0.1) is 0 Å². The van der Waals surface area contributed by atoms with Crippen LogP contribution in [0.25, 0.3) is 0 Å². The first-order chi connectivity index (χ1) is 4.77. The van der Waals surface area contributed by atoms with Gasteiger partial charge in [0.05, 0.1) is 0 Å². The molecule has 3 nitrogen and oxygen atoms in total. The SMILES string of the molecule is CCCCCCNS(=O)[O-].[H-].[Na+]. The molecular formula is C6H15NNaO2S-. The van der Waals surface area contributed by atoms with Crippen LogP contribution in [0.3, 0.4) is 0 Å². The van der Waals surface area contributed by atoms with E-state index in [0.717, 1.165) is 12.8 Å². The van der Waals surface area contributed by atoms with Gasteiger partial charge in [-0.25, -0.2) is 4.72 Å². The fourth-order valence-corrected chi connectivity index (χ4v) is 1.02. The number of hydrogen-bond acceptors (Lipinski definition) is 2. The molecular weight excluding hydrogens is 173 g/mol. The molecule has 0 aliphatic rings. The van der Waals surface area contributed by atoms with Crippen molar-refractivity contribution in [1.29, 1.82) is 0 Å². The van der Waals surface area contributed by atoms with Gasteiger partial charge in [0, 0.05) is 17.8 Å². The van der Waals surface area contributed by atoms with Gasteiger partial charge in [-0.1, -0.05) is 26.2 Å². The molecule has 0 saturated heterocycles. The van der Waals surface area contributed by atoms with Gasteiger partial charge in [0.25, 0.3) is 0 Å². The van der Waals surface area contributed by atoms with Gasteiger partial charge in [0.2, 0.25) is 0 Å². The number of unbranched alkanes of at least 4 members (excludes halogenated alkanes) is 3. The molecule has 64 valence electrons. The molecule has 11 heavy (non-hydrogen) atoms. The molecule has 1 atom stereocenters. The summed E-state index contributed by atoms with van der Waals surface area (Å²) in [6.45, 7) is 2.70. The third kappa shape index (κ3) is 14.0. The maximum Gasteiger partial charge on any atom is 1.00 e. The molecule has 0 aromatic carbocycles. The van der Waals surface area contributed by atoms with Crippen LogP contribution in [-0.2, 0) is 11.3 Å². The minimum Gasteiger partial charge on any atom is -1.00 e. The Labute approximate surface area is 94.5 Å². The first-order valence-electron chi connectivity index (χ1n) is 3.60. The van der Waals surface area contributed by atoms with Crippen LogP contribution in [0.1, 0.15) is 34.0 Å². The summed E-state index contributed by atoms with van der Waals surface area (Å²) in [5, 5.41) is 0. The van der Waals surface area contributed by atoms with E-state index in [9.17, 15) is 8.76 Å². The molecule has 1 unspecified atom stereocenters. The summed E-state index contributed by atoms with van der Waals surface area (Å²) in [6.07, 6.45) is 4.43. The predicted octanol–water partition coefficient (Wildman–Crippen LogP) is -1.93. The Hall–Kier alpha value is 1.07. The van der Waals surface area contributed by atoms with E-state index < -0.39 is 11.3 Å². The quantitative estimate of drug-likeness (QED) is 0.300. The van der Waals surface area contributed by atoms with Gasteiger partial charge in [0.15, 0.2) is 0 Å². The van der Waals surface area contributed by atoms with E-state index in [0.29, 0.717) is 6.54 Å². The van der Waals surface area contributed by atoms with Gasteiger partial charge >= 0.3 is 29.6 Å². The van der Waals surface area contributed by atoms with E-state index in [4.69, 9.17) is 0 Å². The van der Waals surface area contributed by atoms with Gasteiger partial charge < -0.3 is 5.98 Å². The molecule has 0 bridgehead atoms. The predicted molar refractivity (Wildman–Crippen MR) is 42.2 cm³/mol. The van der Waals surface area contributed by atoms with Crippen LogP contribution in [0.4, 0.5) is 0 Å². The Morgan fingerprint density at radius 3 is 2.55 bits per heavy atom. The zero-order valence-electron chi connectivity index (χ0n) is 8.26. The Morgan fingerprint density at radius 2 is 2.09 bits per heavy atom. The fraction of sp³-hybridized carbons (Fsp3) is 1.00. The monoisotopic (exact) mass is 188 g/mol. The van der Waals surface area contributed by atoms with Gasteiger partial charge in [-0.05, 0) is 6.42 Å². The second-order valence-electron chi connectivity index (χ2n) is 2.19. The molecule has 0 radical (unpaired) electrons. The minimum atomic E-state index is -2.07. The zero-order chi connectivity index (χ0) is 7.82. The topological polar surface area (TPSA) is 52.2 Å². The molecule has 0 heterocycles. The van der Waals surface area contributed by atoms with Crippen molar-refractivity contribution < 1.29 is 39.7 Å². The van der Waals surface area contributed by atoms with Gasteiger partial charge in [-0.15, -0.1) is 0 Å². The average Bonchev–Trinajstić information content (AvgIpc) is 1.87. The smallest absolute Gasteiger partial charge is 1.00 e. The van der Waals surface area contributed by atoms with Crippen LogP contribution in [0.2, 0.25) is 0 Å². The van der Waals surface area contributed by atoms with E-state index in [1.165, 1.54) is 12.8 Å². The van der Waals surface area contributed by atoms with Crippen molar-refractivity contribution in [3.8, 4) is 0 Å². The summed E-state index contributed by atoms with van der Waals surface area (Å²) < 4.78 is 22.2. The van der Waals surface area contributed by atoms with Crippen molar-refractivity contribution in [3.63, 3.8) is 0 Å². The fourth-order valence-electron chi connectivity index (χ4n) is 0.707. The Balaban J connectivity index is -0.000000405. The minimum absolute atomic E-state index is 0. The van der Waals surface area contributed by atoms with E-state index in [1.54, 1.807) is 0 Å². The van der Waals surface area contributed by atoms with Crippen LogP contribution in [0.5, 0.6) is 0 Å². The Kier molecular flexibility index (Phi) is 14.7. The first-order valence-corrected chi connectivity index (χ1v) is 4.67. The van der Waals surface area contributed by atoms with Gasteiger partial charge in [0.1, 0.15) is 0 Å². The number of hydrogen-bond donors (Lipinski definition) is 1. The second kappa shape index (κ2) is 11.1. The molecule has 0 amide bonds. The van der Waals surface area contributed by atoms with E-state index in [1.807, 2.05) is 0 Å². The second-order valence-corrected chi connectivity index (χ2v) is 2.95. The Bertz CT molecular complexity index is 108. The van der Waals surface area contributed by atoms with Crippen molar-refractivity contribution in [2.24, 2.45) is 0 Å². The average molecular weight is 188 g/mol. The molecule has 0 rings (SSSR count). The third-order valence-corrected chi connectivity index (χ3v) is 1.69. The summed E-state index contributed by atoms with van der Waals surface area (Å²) in [5.74, 6) is 0. The van der Waals surface area contributed by atoms with Gasteiger partial charge in [-0.2, -0.15) is 0 Å². The maximum absolute atomic E-state index is 9.92. The molecule has 0 aromatic heterocycles. The molecule has 0 aromatic rings. The number of rotatable bonds is 6. The van der Waals surface area contributed by atoms with Crippen LogP contribution >= 0.6 is 0 Å². The van der Waals surface area contributed by atoms with E-state index >= 15 is 0 Å². The van der Waals surface area contributed by atoms with Gasteiger partial charge in [-0.3, -0.25) is 4.21 Å². The molecule has 0 aliphatic carbocycles. The Morgan fingerprint density at radius 1 is 1.45 bits per heavy atom. The van der Waals surface area contributed by atoms with E-state index in [-0.39, 0.29) is 31.0 Å². The van der Waals surface area contributed by atoms with Crippen LogP contribution in [0.15, 0.2) is 0 Å². The van der Waals surface area contributed by atoms with Crippen LogP contribution in [-0.4, -0.2) is 15.3 Å². The van der Waals surface area contributed by atoms with Crippen molar-refractivity contribution in [2.45, 2.75) is 32.6 Å². The molecule has 0 spiro atoms. The summed E-state index contributed by atoms with van der Waals surface area (Å²) in [6, 6.07) is 0. The number of nitrogens with one attached hydrogen (secondary N) is 1. The summed E-state index contributed by atoms with van der Waals surface area (Å²) in [4.78, 5) is 0. The molecule has 5 heteroatoms. The molecule has 0 fully saturated rings. The zero-order valence-corrected chi connectivity index (χ0v) is 10.1. The normalized spacial score (nSPS) is 12.2. The van der Waals surface area contributed by atoms with Crippen molar-refractivity contribution >= 4 is 11.3 Å². The maximum atomic E-state index is 9.92. The van der Waals surface area contributed by atoms with Crippen molar-refractivity contribution in [1.82, 2.24) is 4.72 Å². The summed E-state index contributed by atoms with van der Waals surface area (Å²) in [7, 11) is 0. The standard InChI is InChI=1S/C6H15NO2S.Na.H/c1-2-3-4-5-6-7-10(8)9;;/h7H,2-6H2,1H3,(H,8,9);;/q;+1;-1/p-1. The molecule has 0 saturated carbocycles. The van der Waals surface area contributed by atoms with Crippen molar-refractivity contribution in [3.05, 3.63) is 0 Å². The summed E-state index contributed by atoms with van der Waals surface area (Å²) in [5.41, 5.74) is 0. The van der Waals surface area contributed by atoms with Crippen LogP contribution < -0.4 is 34.3 Å². The largest absolute Gasteiger partial charge is 1.00 e. The third-order valence-electron chi connectivity index (χ3n) is 1.25. The van der Waals surface area contributed by atoms with Crippen molar-refractivity contribution in [2.75, 3.05) is 6.54 Å². The summed E-state index contributed by atoms with van der Waals surface area (Å²) >= 11 is -2.07. The van der Waals surface area contributed by atoms with E-state index in [2.05, 4.69) is 11.6 Å². The molecule has 1 N–H and O–H groups in total.